The van der Waals surface area contributed by atoms with Gasteiger partial charge in [0.05, 0.1) is 12.2 Å². The average molecular weight is 399 g/mol. The van der Waals surface area contributed by atoms with Gasteiger partial charge in [0, 0.05) is 15.5 Å². The molecular weight excluding hydrogens is 380 g/mol. The fourth-order valence-electron chi connectivity index (χ4n) is 2.69. The van der Waals surface area contributed by atoms with Crippen LogP contribution >= 0.6 is 22.9 Å². The highest BCUT2D eigenvalue weighted by Gasteiger charge is 2.13. The summed E-state index contributed by atoms with van der Waals surface area (Å²) in [6.07, 6.45) is 3.41. The lowest BCUT2D eigenvalue weighted by molar-refractivity contribution is -0.130. The van der Waals surface area contributed by atoms with E-state index in [0.717, 1.165) is 12.8 Å². The smallest absolute Gasteiger partial charge is 0.337 e. The number of carboxylic acid groups (broad SMARTS) is 1. The van der Waals surface area contributed by atoms with Crippen LogP contribution in [-0.2, 0) is 11.2 Å². The predicted molar refractivity (Wildman–Crippen MR) is 112 cm³/mol. The second-order valence-corrected chi connectivity index (χ2v) is 7.34. The molecule has 1 aromatic heterocycles. The lowest BCUT2D eigenvalue weighted by Gasteiger charge is -2.11. The zero-order valence-corrected chi connectivity index (χ0v) is 16.2. The van der Waals surface area contributed by atoms with Crippen LogP contribution in [-0.4, -0.2) is 17.7 Å². The van der Waals surface area contributed by atoms with Crippen molar-refractivity contribution in [1.82, 2.24) is 0 Å². The SMILES string of the molecule is O=C(O)/C(=C\c1cc(Cl)ccc1OCCCc1ccccc1)c1cccs1. The molecule has 0 fully saturated rings. The molecule has 1 heterocycles. The zero-order valence-electron chi connectivity index (χ0n) is 14.6. The lowest BCUT2D eigenvalue weighted by atomic mass is 10.1. The van der Waals surface area contributed by atoms with Crippen molar-refractivity contribution in [2.45, 2.75) is 12.8 Å². The van der Waals surface area contributed by atoms with Crippen molar-refractivity contribution in [1.29, 1.82) is 0 Å². The Hall–Kier alpha value is -2.56. The van der Waals surface area contributed by atoms with Crippen molar-refractivity contribution < 1.29 is 14.6 Å². The third-order valence-electron chi connectivity index (χ3n) is 4.00. The molecular formula is C22H19ClO3S. The van der Waals surface area contributed by atoms with Gasteiger partial charge in [0.25, 0.3) is 0 Å². The molecule has 0 aliphatic heterocycles. The Labute approximate surface area is 167 Å². The summed E-state index contributed by atoms with van der Waals surface area (Å²) >= 11 is 7.50. The molecule has 138 valence electrons. The van der Waals surface area contributed by atoms with Gasteiger partial charge < -0.3 is 9.84 Å². The number of carbonyl (C=O) groups is 1. The molecule has 3 aromatic rings. The molecule has 0 bridgehead atoms. The van der Waals surface area contributed by atoms with Gasteiger partial charge >= 0.3 is 5.97 Å². The van der Waals surface area contributed by atoms with Crippen molar-refractivity contribution in [3.63, 3.8) is 0 Å². The number of aliphatic carboxylic acids is 1. The largest absolute Gasteiger partial charge is 0.493 e. The van der Waals surface area contributed by atoms with Crippen LogP contribution in [0.1, 0.15) is 22.4 Å². The quantitative estimate of drug-likeness (QED) is 0.371. The normalized spacial score (nSPS) is 11.4. The maximum Gasteiger partial charge on any atom is 0.337 e. The second kappa shape index (κ2) is 9.40. The van der Waals surface area contributed by atoms with Gasteiger partial charge in [0.15, 0.2) is 0 Å². The molecule has 2 aromatic carbocycles. The average Bonchev–Trinajstić information content (AvgIpc) is 3.19. The number of ether oxygens (including phenoxy) is 1. The summed E-state index contributed by atoms with van der Waals surface area (Å²) in [4.78, 5) is 12.4. The topological polar surface area (TPSA) is 46.5 Å². The third kappa shape index (κ3) is 5.46. The molecule has 0 atom stereocenters. The van der Waals surface area contributed by atoms with Gasteiger partial charge in [-0.25, -0.2) is 4.79 Å². The van der Waals surface area contributed by atoms with Crippen LogP contribution in [0.15, 0.2) is 66.0 Å². The second-order valence-electron chi connectivity index (χ2n) is 5.96. The lowest BCUT2D eigenvalue weighted by Crippen LogP contribution is -2.02. The van der Waals surface area contributed by atoms with Crippen molar-refractivity contribution in [2.75, 3.05) is 6.61 Å². The molecule has 1 N–H and O–H groups in total. The Morgan fingerprint density at radius 1 is 1.11 bits per heavy atom. The van der Waals surface area contributed by atoms with E-state index in [0.29, 0.717) is 27.8 Å². The maximum absolute atomic E-state index is 11.7. The summed E-state index contributed by atoms with van der Waals surface area (Å²) in [7, 11) is 0. The molecule has 3 rings (SSSR count). The number of hydrogen-bond donors (Lipinski definition) is 1. The van der Waals surface area contributed by atoms with Crippen molar-refractivity contribution >= 4 is 40.6 Å². The standard InChI is InChI=1S/C22H19ClO3S/c23-18-10-11-20(26-12-4-8-16-6-2-1-3-7-16)17(14-18)15-19(22(24)25)21-9-5-13-27-21/h1-3,5-7,9-11,13-15H,4,8,12H2,(H,24,25)/b19-15-. The molecule has 0 radical (unpaired) electrons. The fourth-order valence-corrected chi connectivity index (χ4v) is 3.61. The highest BCUT2D eigenvalue weighted by atomic mass is 35.5. The number of aryl methyl sites for hydroxylation is 1. The highest BCUT2D eigenvalue weighted by molar-refractivity contribution is 7.11. The van der Waals surface area contributed by atoms with Crippen molar-refractivity contribution in [3.05, 3.63) is 87.1 Å². The number of rotatable bonds is 8. The summed E-state index contributed by atoms with van der Waals surface area (Å²) < 4.78 is 5.92. The van der Waals surface area contributed by atoms with E-state index in [1.807, 2.05) is 29.6 Å². The predicted octanol–water partition coefficient (Wildman–Crippen LogP) is 6.04. The maximum atomic E-state index is 11.7. The third-order valence-corrected chi connectivity index (χ3v) is 5.14. The van der Waals surface area contributed by atoms with Crippen LogP contribution in [0.5, 0.6) is 5.75 Å². The van der Waals surface area contributed by atoms with E-state index in [9.17, 15) is 9.90 Å². The Bertz CT molecular complexity index is 918. The van der Waals surface area contributed by atoms with Crippen LogP contribution < -0.4 is 4.74 Å². The van der Waals surface area contributed by atoms with Crippen LogP contribution in [0.4, 0.5) is 0 Å². The van der Waals surface area contributed by atoms with Crippen LogP contribution in [0, 0.1) is 0 Å². The molecule has 3 nitrogen and oxygen atoms in total. The van der Waals surface area contributed by atoms with E-state index in [1.54, 1.807) is 30.3 Å². The molecule has 0 aliphatic rings. The Kier molecular flexibility index (Phi) is 6.69. The minimum atomic E-state index is -0.979. The first-order valence-corrected chi connectivity index (χ1v) is 9.84. The van der Waals surface area contributed by atoms with E-state index in [4.69, 9.17) is 16.3 Å². The molecule has 27 heavy (non-hydrogen) atoms. The van der Waals surface area contributed by atoms with E-state index < -0.39 is 5.97 Å². The van der Waals surface area contributed by atoms with E-state index in [-0.39, 0.29) is 5.57 Å². The molecule has 5 heteroatoms. The van der Waals surface area contributed by atoms with E-state index in [1.165, 1.54) is 16.9 Å². The van der Waals surface area contributed by atoms with Gasteiger partial charge in [0.2, 0.25) is 0 Å². The van der Waals surface area contributed by atoms with Gasteiger partial charge in [-0.2, -0.15) is 0 Å². The number of carboxylic acids is 1. The van der Waals surface area contributed by atoms with Crippen molar-refractivity contribution in [2.24, 2.45) is 0 Å². The molecule has 0 aliphatic carbocycles. The van der Waals surface area contributed by atoms with Gasteiger partial charge in [-0.05, 0) is 54.1 Å². The van der Waals surface area contributed by atoms with Crippen LogP contribution in [0.2, 0.25) is 5.02 Å². The van der Waals surface area contributed by atoms with Crippen LogP contribution in [0.25, 0.3) is 11.6 Å². The minimum absolute atomic E-state index is 0.224. The Morgan fingerprint density at radius 2 is 1.93 bits per heavy atom. The minimum Gasteiger partial charge on any atom is -0.493 e. The summed E-state index contributed by atoms with van der Waals surface area (Å²) in [6.45, 7) is 0.540. The number of thiophene rings is 1. The molecule has 0 unspecified atom stereocenters. The number of hydrogen-bond acceptors (Lipinski definition) is 3. The molecule has 0 saturated heterocycles. The Balaban J connectivity index is 1.74. The van der Waals surface area contributed by atoms with Crippen molar-refractivity contribution in [3.8, 4) is 5.75 Å². The summed E-state index contributed by atoms with van der Waals surface area (Å²) in [5.41, 5.74) is 2.15. The van der Waals surface area contributed by atoms with E-state index >= 15 is 0 Å². The first-order chi connectivity index (χ1) is 13.1. The van der Waals surface area contributed by atoms with E-state index in [2.05, 4.69) is 12.1 Å². The number of halogens is 1. The first-order valence-electron chi connectivity index (χ1n) is 8.58. The molecule has 0 saturated carbocycles. The highest BCUT2D eigenvalue weighted by Crippen LogP contribution is 2.29. The fraction of sp³-hybridized carbons (Fsp3) is 0.136. The van der Waals surface area contributed by atoms with Gasteiger partial charge in [-0.15, -0.1) is 11.3 Å². The Morgan fingerprint density at radius 3 is 2.63 bits per heavy atom. The first kappa shape index (κ1) is 19.2. The van der Waals surface area contributed by atoms with Gasteiger partial charge in [0.1, 0.15) is 5.75 Å². The summed E-state index contributed by atoms with van der Waals surface area (Å²) in [5, 5.41) is 12.0. The van der Waals surface area contributed by atoms with Crippen LogP contribution in [0.3, 0.4) is 0 Å². The zero-order chi connectivity index (χ0) is 19.1. The summed E-state index contributed by atoms with van der Waals surface area (Å²) in [6, 6.07) is 19.1. The molecule has 0 spiro atoms. The monoisotopic (exact) mass is 398 g/mol. The molecule has 0 amide bonds. The summed E-state index contributed by atoms with van der Waals surface area (Å²) in [5.74, 6) is -0.352. The van der Waals surface area contributed by atoms with Gasteiger partial charge in [-0.3, -0.25) is 0 Å². The number of benzene rings is 2. The van der Waals surface area contributed by atoms with Gasteiger partial charge in [-0.1, -0.05) is 48.0 Å².